The topological polar surface area (TPSA) is 55.8 Å². The molecule has 1 aliphatic heterocycles. The number of carbonyl (C=O) groups excluding carboxylic acids is 2. The predicted molar refractivity (Wildman–Crippen MR) is 73.8 cm³/mol. The van der Waals surface area contributed by atoms with Crippen LogP contribution in [-0.2, 0) is 19.1 Å². The minimum Gasteiger partial charge on any atom is -0.452 e. The van der Waals surface area contributed by atoms with E-state index in [1.165, 1.54) is 24.3 Å². The zero-order valence-corrected chi connectivity index (χ0v) is 11.5. The molecule has 1 aliphatic rings. The summed E-state index contributed by atoms with van der Waals surface area (Å²) < 4.78 is 22.9. The average molecular weight is 293 g/mol. The Labute approximate surface area is 121 Å². The van der Waals surface area contributed by atoms with Crippen molar-refractivity contribution in [1.29, 1.82) is 0 Å². The van der Waals surface area contributed by atoms with E-state index in [0.29, 0.717) is 31.9 Å². The molecule has 112 valence electrons. The molecule has 1 amide bonds. The van der Waals surface area contributed by atoms with Crippen LogP contribution in [0.3, 0.4) is 0 Å². The molecule has 1 heterocycles. The second-order valence-corrected chi connectivity index (χ2v) is 4.49. The van der Waals surface area contributed by atoms with Crippen LogP contribution in [0.4, 0.5) is 4.39 Å². The lowest BCUT2D eigenvalue weighted by Gasteiger charge is -2.26. The number of hydrogen-bond donors (Lipinski definition) is 0. The summed E-state index contributed by atoms with van der Waals surface area (Å²) in [5.74, 6) is -1.26. The van der Waals surface area contributed by atoms with Crippen LogP contribution in [-0.4, -0.2) is 49.7 Å². The van der Waals surface area contributed by atoms with E-state index in [1.807, 2.05) is 0 Å². The summed E-state index contributed by atoms with van der Waals surface area (Å²) in [5, 5.41) is 0. The monoisotopic (exact) mass is 293 g/mol. The fourth-order valence-electron chi connectivity index (χ4n) is 1.86. The highest BCUT2D eigenvalue weighted by atomic mass is 19.1. The fraction of sp³-hybridized carbons (Fsp3) is 0.333. The van der Waals surface area contributed by atoms with Crippen LogP contribution in [0.25, 0.3) is 6.08 Å². The molecule has 0 radical (unpaired) electrons. The largest absolute Gasteiger partial charge is 0.452 e. The first-order chi connectivity index (χ1) is 10.1. The van der Waals surface area contributed by atoms with Crippen LogP contribution in [0.15, 0.2) is 30.3 Å². The summed E-state index contributed by atoms with van der Waals surface area (Å²) in [4.78, 5) is 24.8. The Balaban J connectivity index is 1.77. The van der Waals surface area contributed by atoms with Gasteiger partial charge in [0.05, 0.1) is 13.2 Å². The minimum absolute atomic E-state index is 0.245. The minimum atomic E-state index is -0.638. The number of rotatable bonds is 4. The number of morpholine rings is 1. The number of carbonyl (C=O) groups is 2. The molecule has 0 spiro atoms. The maximum atomic E-state index is 12.9. The van der Waals surface area contributed by atoms with Crippen LogP contribution in [0, 0.1) is 5.82 Å². The Bertz CT molecular complexity index is 538. The van der Waals surface area contributed by atoms with Crippen molar-refractivity contribution in [2.24, 2.45) is 0 Å². The Morgan fingerprint density at radius 3 is 2.81 bits per heavy atom. The zero-order valence-electron chi connectivity index (χ0n) is 11.5. The molecule has 0 saturated carbocycles. The lowest BCUT2D eigenvalue weighted by Crippen LogP contribution is -2.42. The van der Waals surface area contributed by atoms with Gasteiger partial charge in [-0.05, 0) is 23.8 Å². The van der Waals surface area contributed by atoms with E-state index in [0.717, 1.165) is 0 Å². The Kier molecular flexibility index (Phi) is 5.45. The lowest BCUT2D eigenvalue weighted by atomic mass is 10.2. The van der Waals surface area contributed by atoms with Crippen molar-refractivity contribution in [3.05, 3.63) is 41.7 Å². The van der Waals surface area contributed by atoms with Crippen LogP contribution in [0.1, 0.15) is 5.56 Å². The van der Waals surface area contributed by atoms with Crippen molar-refractivity contribution in [3.8, 4) is 0 Å². The number of amides is 1. The average Bonchev–Trinajstić information content (AvgIpc) is 2.51. The Morgan fingerprint density at radius 2 is 2.10 bits per heavy atom. The third-order valence-electron chi connectivity index (χ3n) is 2.96. The van der Waals surface area contributed by atoms with E-state index in [4.69, 9.17) is 9.47 Å². The molecular formula is C15H16FNO4. The second-order valence-electron chi connectivity index (χ2n) is 4.49. The van der Waals surface area contributed by atoms with Crippen LogP contribution in [0.2, 0.25) is 0 Å². The molecule has 2 rings (SSSR count). The summed E-state index contributed by atoms with van der Waals surface area (Å²) in [7, 11) is 0. The van der Waals surface area contributed by atoms with Gasteiger partial charge >= 0.3 is 5.97 Å². The highest BCUT2D eigenvalue weighted by Gasteiger charge is 2.17. The molecule has 0 aliphatic carbocycles. The predicted octanol–water partition coefficient (Wildman–Crippen LogP) is 1.24. The summed E-state index contributed by atoms with van der Waals surface area (Å²) in [6, 6.07) is 5.81. The van der Waals surface area contributed by atoms with Crippen molar-refractivity contribution in [2.45, 2.75) is 0 Å². The molecule has 0 bridgehead atoms. The highest BCUT2D eigenvalue weighted by molar-refractivity contribution is 5.89. The standard InChI is InChI=1S/C15H16FNO4/c16-13-3-1-2-12(10-13)4-5-15(19)21-11-14(18)17-6-8-20-9-7-17/h1-5,10H,6-9,11H2/b5-4+. The first-order valence-electron chi connectivity index (χ1n) is 6.61. The van der Waals surface area contributed by atoms with Gasteiger partial charge in [-0.25, -0.2) is 9.18 Å². The van der Waals surface area contributed by atoms with Crippen LogP contribution >= 0.6 is 0 Å². The fourth-order valence-corrected chi connectivity index (χ4v) is 1.86. The SMILES string of the molecule is O=C(/C=C/c1cccc(F)c1)OCC(=O)N1CCOCC1. The Hall–Kier alpha value is -2.21. The summed E-state index contributed by atoms with van der Waals surface area (Å²) in [6.45, 7) is 1.72. The molecule has 6 heteroatoms. The number of halogens is 1. The molecule has 1 saturated heterocycles. The third-order valence-corrected chi connectivity index (χ3v) is 2.96. The van der Waals surface area contributed by atoms with E-state index in [2.05, 4.69) is 0 Å². The number of ether oxygens (including phenoxy) is 2. The van der Waals surface area contributed by atoms with Gasteiger partial charge in [0.25, 0.3) is 5.91 Å². The van der Waals surface area contributed by atoms with Gasteiger partial charge in [-0.15, -0.1) is 0 Å². The van der Waals surface area contributed by atoms with Crippen LogP contribution < -0.4 is 0 Å². The first kappa shape index (κ1) is 15.2. The van der Waals surface area contributed by atoms with Crippen molar-refractivity contribution in [2.75, 3.05) is 32.9 Å². The molecule has 1 aromatic carbocycles. The summed E-state index contributed by atoms with van der Waals surface area (Å²) in [5.41, 5.74) is 0.548. The van der Waals surface area contributed by atoms with Crippen molar-refractivity contribution in [1.82, 2.24) is 4.90 Å². The third kappa shape index (κ3) is 5.00. The van der Waals surface area contributed by atoms with Crippen molar-refractivity contribution < 1.29 is 23.5 Å². The molecular weight excluding hydrogens is 277 g/mol. The van der Waals surface area contributed by atoms with Gasteiger partial charge < -0.3 is 14.4 Å². The van der Waals surface area contributed by atoms with E-state index < -0.39 is 5.97 Å². The van der Waals surface area contributed by atoms with Crippen molar-refractivity contribution >= 4 is 18.0 Å². The first-order valence-corrected chi connectivity index (χ1v) is 6.61. The van der Waals surface area contributed by atoms with Gasteiger partial charge in [-0.3, -0.25) is 4.79 Å². The molecule has 0 N–H and O–H groups in total. The van der Waals surface area contributed by atoms with E-state index in [-0.39, 0.29) is 18.3 Å². The lowest BCUT2D eigenvalue weighted by molar-refractivity contribution is -0.150. The van der Waals surface area contributed by atoms with Gasteiger partial charge in [0.15, 0.2) is 6.61 Å². The Morgan fingerprint density at radius 1 is 1.33 bits per heavy atom. The maximum absolute atomic E-state index is 12.9. The van der Waals surface area contributed by atoms with E-state index in [9.17, 15) is 14.0 Å². The van der Waals surface area contributed by atoms with Gasteiger partial charge in [0, 0.05) is 19.2 Å². The smallest absolute Gasteiger partial charge is 0.331 e. The zero-order chi connectivity index (χ0) is 15.1. The van der Waals surface area contributed by atoms with Crippen LogP contribution in [0.5, 0.6) is 0 Å². The molecule has 0 atom stereocenters. The number of esters is 1. The number of nitrogens with zero attached hydrogens (tertiary/aromatic N) is 1. The quantitative estimate of drug-likeness (QED) is 0.619. The second kappa shape index (κ2) is 7.54. The number of benzene rings is 1. The van der Waals surface area contributed by atoms with Gasteiger partial charge in [-0.2, -0.15) is 0 Å². The number of hydrogen-bond acceptors (Lipinski definition) is 4. The maximum Gasteiger partial charge on any atom is 0.331 e. The molecule has 0 unspecified atom stereocenters. The van der Waals surface area contributed by atoms with Gasteiger partial charge in [0.2, 0.25) is 0 Å². The highest BCUT2D eigenvalue weighted by Crippen LogP contribution is 2.05. The van der Waals surface area contributed by atoms with E-state index >= 15 is 0 Å². The molecule has 1 aromatic rings. The van der Waals surface area contributed by atoms with Gasteiger partial charge in [0.1, 0.15) is 5.82 Å². The van der Waals surface area contributed by atoms with Gasteiger partial charge in [-0.1, -0.05) is 12.1 Å². The molecule has 21 heavy (non-hydrogen) atoms. The molecule has 5 nitrogen and oxygen atoms in total. The van der Waals surface area contributed by atoms with E-state index in [1.54, 1.807) is 17.0 Å². The summed E-state index contributed by atoms with van der Waals surface area (Å²) >= 11 is 0. The molecule has 0 aromatic heterocycles. The van der Waals surface area contributed by atoms with Crippen molar-refractivity contribution in [3.63, 3.8) is 0 Å². The normalized spacial score (nSPS) is 15.2. The molecule has 1 fully saturated rings. The summed E-state index contributed by atoms with van der Waals surface area (Å²) in [6.07, 6.45) is 2.60.